The minimum atomic E-state index is -1.25. The van der Waals surface area contributed by atoms with E-state index in [0.717, 1.165) is 12.1 Å². The summed E-state index contributed by atoms with van der Waals surface area (Å²) in [4.78, 5) is 12.8. The molecule has 1 aliphatic rings. The van der Waals surface area contributed by atoms with Crippen LogP contribution in [0, 0.1) is 0 Å². The molecule has 9 heteroatoms. The summed E-state index contributed by atoms with van der Waals surface area (Å²) < 4.78 is 5.42. The van der Waals surface area contributed by atoms with Crippen molar-refractivity contribution in [1.29, 1.82) is 0 Å². The Morgan fingerprint density at radius 2 is 1.65 bits per heavy atom. The Kier molecular flexibility index (Phi) is 4.26. The molecule has 7 N–H and O–H groups in total. The van der Waals surface area contributed by atoms with E-state index in [4.69, 9.17) is 4.74 Å². The van der Waals surface area contributed by atoms with Gasteiger partial charge in [0.2, 0.25) is 0 Å². The van der Waals surface area contributed by atoms with Crippen molar-refractivity contribution in [2.24, 2.45) is 0 Å². The summed E-state index contributed by atoms with van der Waals surface area (Å²) in [5, 5.41) is 60.5. The number of anilines is 1. The summed E-state index contributed by atoms with van der Waals surface area (Å²) in [6.07, 6.45) is 0. The van der Waals surface area contributed by atoms with Crippen molar-refractivity contribution in [2.45, 2.75) is 5.54 Å². The van der Waals surface area contributed by atoms with Crippen LogP contribution in [-0.2, 0) is 0 Å². The van der Waals surface area contributed by atoms with Crippen molar-refractivity contribution in [1.82, 2.24) is 0 Å². The van der Waals surface area contributed by atoms with Crippen LogP contribution in [0.1, 0.15) is 15.9 Å². The Labute approximate surface area is 147 Å². The molecule has 3 rings (SSSR count). The second kappa shape index (κ2) is 6.28. The van der Waals surface area contributed by atoms with E-state index in [1.165, 1.54) is 12.1 Å². The number of hydrogen-bond donors (Lipinski definition) is 7. The lowest BCUT2D eigenvalue weighted by Gasteiger charge is -2.37. The van der Waals surface area contributed by atoms with Crippen LogP contribution < -0.4 is 10.1 Å². The molecule has 26 heavy (non-hydrogen) atoms. The largest absolute Gasteiger partial charge is 0.504 e. The first-order chi connectivity index (χ1) is 12.3. The molecule has 0 aromatic heterocycles. The minimum absolute atomic E-state index is 0.00765. The molecular formula is C17H17NO8. The van der Waals surface area contributed by atoms with Gasteiger partial charge >= 0.3 is 0 Å². The molecule has 0 aliphatic carbocycles. The van der Waals surface area contributed by atoms with Gasteiger partial charge in [-0.15, -0.1) is 0 Å². The number of fused-ring (bicyclic) bond motifs is 1. The molecule has 0 fully saturated rings. The van der Waals surface area contributed by atoms with Crippen molar-refractivity contribution >= 4 is 11.5 Å². The first-order valence-corrected chi connectivity index (χ1v) is 7.60. The number of phenols is 4. The van der Waals surface area contributed by atoms with Gasteiger partial charge < -0.3 is 40.7 Å². The summed E-state index contributed by atoms with van der Waals surface area (Å²) >= 11 is 0. The Morgan fingerprint density at radius 1 is 1.04 bits per heavy atom. The maximum atomic E-state index is 12.8. The number of aromatic hydroxyl groups is 4. The van der Waals surface area contributed by atoms with Crippen molar-refractivity contribution in [2.75, 3.05) is 25.1 Å². The fourth-order valence-electron chi connectivity index (χ4n) is 2.65. The molecule has 0 spiro atoms. The van der Waals surface area contributed by atoms with Crippen LogP contribution in [0.2, 0.25) is 0 Å². The summed E-state index contributed by atoms with van der Waals surface area (Å²) in [6, 6.07) is 4.48. The second-order valence-corrected chi connectivity index (χ2v) is 6.04. The topological polar surface area (TPSA) is 160 Å². The van der Waals surface area contributed by atoms with Crippen LogP contribution in [0.3, 0.4) is 0 Å². The van der Waals surface area contributed by atoms with Gasteiger partial charge in [0.15, 0.2) is 34.5 Å². The summed E-state index contributed by atoms with van der Waals surface area (Å²) in [5.41, 5.74) is -1.32. The highest BCUT2D eigenvalue weighted by Crippen LogP contribution is 2.43. The molecule has 2 aromatic rings. The molecule has 1 heterocycles. The number of benzene rings is 2. The number of nitrogens with one attached hydrogen (secondary N) is 1. The van der Waals surface area contributed by atoms with E-state index in [1.807, 2.05) is 0 Å². The molecule has 9 nitrogen and oxygen atoms in total. The zero-order valence-corrected chi connectivity index (χ0v) is 13.4. The lowest BCUT2D eigenvalue weighted by Crippen LogP contribution is -2.53. The quantitative estimate of drug-likeness (QED) is 0.299. The van der Waals surface area contributed by atoms with E-state index in [1.54, 1.807) is 0 Å². The Bertz CT molecular complexity index is 852. The number of carbonyl (C=O) groups excluding carboxylic acids is 1. The first-order valence-electron chi connectivity index (χ1n) is 7.60. The van der Waals surface area contributed by atoms with Gasteiger partial charge in [-0.3, -0.25) is 4.79 Å². The van der Waals surface area contributed by atoms with Gasteiger partial charge in [0, 0.05) is 11.1 Å². The van der Waals surface area contributed by atoms with E-state index < -0.39 is 41.8 Å². The smallest absolute Gasteiger partial charge is 0.200 e. The van der Waals surface area contributed by atoms with Crippen LogP contribution in [0.15, 0.2) is 24.3 Å². The third-order valence-corrected chi connectivity index (χ3v) is 4.20. The van der Waals surface area contributed by atoms with E-state index in [0.29, 0.717) is 0 Å². The summed E-state index contributed by atoms with van der Waals surface area (Å²) in [7, 11) is 0. The molecule has 0 unspecified atom stereocenters. The Morgan fingerprint density at radius 3 is 2.23 bits per heavy atom. The number of aliphatic hydroxyl groups is 2. The highest BCUT2D eigenvalue weighted by Gasteiger charge is 2.37. The highest BCUT2D eigenvalue weighted by atomic mass is 16.5. The maximum absolute atomic E-state index is 12.8. The van der Waals surface area contributed by atoms with Crippen LogP contribution >= 0.6 is 0 Å². The predicted molar refractivity (Wildman–Crippen MR) is 89.0 cm³/mol. The van der Waals surface area contributed by atoms with Crippen LogP contribution in [0.5, 0.6) is 28.7 Å². The normalized spacial score (nSPS) is 14.8. The minimum Gasteiger partial charge on any atom is -0.504 e. The van der Waals surface area contributed by atoms with Crippen LogP contribution in [0.4, 0.5) is 5.69 Å². The fourth-order valence-corrected chi connectivity index (χ4v) is 2.65. The van der Waals surface area contributed by atoms with Gasteiger partial charge in [-0.1, -0.05) is 0 Å². The van der Waals surface area contributed by atoms with Crippen molar-refractivity contribution in [3.05, 3.63) is 35.4 Å². The molecular weight excluding hydrogens is 346 g/mol. The van der Waals surface area contributed by atoms with Gasteiger partial charge in [-0.2, -0.15) is 0 Å². The first kappa shape index (κ1) is 17.6. The molecule has 0 radical (unpaired) electrons. The number of hydrogen-bond acceptors (Lipinski definition) is 9. The third kappa shape index (κ3) is 2.72. The summed E-state index contributed by atoms with van der Waals surface area (Å²) in [6.45, 7) is -1.13. The zero-order chi connectivity index (χ0) is 19.1. The zero-order valence-electron chi connectivity index (χ0n) is 13.4. The standard InChI is InChI=1S/C17H17NO8/c19-5-17(6-20)7-26-16-10(21)2-1-9(13(16)18-17)14(24)8-3-11(22)15(25)12(23)4-8/h1-4,18-23,25H,5-7H2. The number of aliphatic hydroxyl groups excluding tert-OH is 2. The molecule has 1 aliphatic heterocycles. The lowest BCUT2D eigenvalue weighted by molar-refractivity contribution is 0.0830. The molecule has 0 atom stereocenters. The lowest BCUT2D eigenvalue weighted by atomic mass is 9.95. The van der Waals surface area contributed by atoms with Crippen LogP contribution in [-0.4, -0.2) is 61.8 Å². The van der Waals surface area contributed by atoms with Gasteiger partial charge in [-0.25, -0.2) is 0 Å². The van der Waals surface area contributed by atoms with Gasteiger partial charge in [0.1, 0.15) is 12.1 Å². The Hall–Kier alpha value is -3.17. The fraction of sp³-hybridized carbons (Fsp3) is 0.235. The van der Waals surface area contributed by atoms with Crippen LogP contribution in [0.25, 0.3) is 0 Å². The van der Waals surface area contributed by atoms with E-state index >= 15 is 0 Å². The van der Waals surface area contributed by atoms with Crippen molar-refractivity contribution in [3.63, 3.8) is 0 Å². The van der Waals surface area contributed by atoms with E-state index in [2.05, 4.69) is 5.32 Å². The Balaban J connectivity index is 2.11. The van der Waals surface area contributed by atoms with Crippen molar-refractivity contribution < 1.29 is 40.2 Å². The van der Waals surface area contributed by atoms with Crippen molar-refractivity contribution in [3.8, 4) is 28.7 Å². The molecule has 138 valence electrons. The molecule has 0 bridgehead atoms. The number of phenolic OH excluding ortho intramolecular Hbond substituents is 4. The van der Waals surface area contributed by atoms with E-state index in [-0.39, 0.29) is 34.9 Å². The summed E-state index contributed by atoms with van der Waals surface area (Å²) in [5.74, 6) is -3.04. The SMILES string of the molecule is O=C(c1cc(O)c(O)c(O)c1)c1ccc(O)c2c1NC(CO)(CO)CO2. The maximum Gasteiger partial charge on any atom is 0.200 e. The number of ether oxygens (including phenoxy) is 1. The second-order valence-electron chi connectivity index (χ2n) is 6.04. The van der Waals surface area contributed by atoms with Gasteiger partial charge in [-0.05, 0) is 24.3 Å². The number of rotatable bonds is 4. The third-order valence-electron chi connectivity index (χ3n) is 4.20. The average Bonchev–Trinajstić information content (AvgIpc) is 2.65. The molecule has 0 amide bonds. The predicted octanol–water partition coefficient (Wildman–Crippen LogP) is 0.268. The van der Waals surface area contributed by atoms with Gasteiger partial charge in [0.25, 0.3) is 0 Å². The molecule has 2 aromatic carbocycles. The highest BCUT2D eigenvalue weighted by molar-refractivity contribution is 6.14. The van der Waals surface area contributed by atoms with E-state index in [9.17, 15) is 35.4 Å². The molecule has 0 saturated heterocycles. The number of carbonyl (C=O) groups is 1. The monoisotopic (exact) mass is 363 g/mol. The number of ketones is 1. The average molecular weight is 363 g/mol. The molecule has 0 saturated carbocycles. The van der Waals surface area contributed by atoms with Gasteiger partial charge in [0.05, 0.1) is 18.9 Å².